The molecule has 1 unspecified atom stereocenters. The van der Waals surface area contributed by atoms with Crippen LogP contribution in [-0.4, -0.2) is 71.9 Å². The highest BCUT2D eigenvalue weighted by atomic mass is 35.5. The number of nitrogens with zero attached hydrogens (tertiary/aromatic N) is 4. The smallest absolute Gasteiger partial charge is 0.335 e. The van der Waals surface area contributed by atoms with Crippen molar-refractivity contribution < 1.29 is 52.2 Å². The minimum absolute atomic E-state index is 0.0392. The van der Waals surface area contributed by atoms with Gasteiger partial charge in [-0.05, 0) is 160 Å². The van der Waals surface area contributed by atoms with Crippen LogP contribution in [0.1, 0.15) is 101 Å². The van der Waals surface area contributed by atoms with Crippen molar-refractivity contribution in [3.63, 3.8) is 0 Å². The van der Waals surface area contributed by atoms with E-state index in [2.05, 4.69) is 44.6 Å². The monoisotopic (exact) mass is 1050 g/mol. The minimum atomic E-state index is -1.02. The van der Waals surface area contributed by atoms with Gasteiger partial charge in [-0.1, -0.05) is 43.0 Å². The van der Waals surface area contributed by atoms with E-state index in [-0.39, 0.29) is 57.7 Å². The Labute approximate surface area is 435 Å². The predicted octanol–water partition coefficient (Wildman–Crippen LogP) is 8.23. The summed E-state index contributed by atoms with van der Waals surface area (Å²) in [7, 11) is 0. The van der Waals surface area contributed by atoms with Crippen LogP contribution in [0.5, 0.6) is 0 Å². The lowest BCUT2D eigenvalue weighted by Gasteiger charge is -2.51. The predicted molar refractivity (Wildman–Crippen MR) is 273 cm³/mol. The number of hydrogen-bond acceptors (Lipinski definition) is 8. The standard InChI is InChI=1S/C28H26F2N4O4.C27H30ClFN4O4/c1-15(26(35)31-14-18-4-8-22(29)23(30)13-18)12-25(34-16(2)10-11-32-34)27(36)33-24-9-7-19-17(3)20(28(37)38)5-6-21(19)24;1-17(23(34)30-15-19-3-4-21(29)20(28)14-19)13-22(33-18(2)5-12-32-33)24(35)31-16-26-6-9-27(10-7-26,11-8-26)25(36)37/h4-6,8,10-13,24H,1,7,9,14H2,2-3H3,(H,31,35)(H,33,36)(H,37,38);3-5,12-14H,1,6-11,15-16H2,2H3,(H,30,34)(H,31,35)(H,36,37)/b25-12-;22-13-. The number of carboxylic acid groups (broad SMARTS) is 2. The average Bonchev–Trinajstić information content (AvgIpc) is 4.14. The van der Waals surface area contributed by atoms with Gasteiger partial charge >= 0.3 is 11.9 Å². The number of carbonyl (C=O) groups is 6. The summed E-state index contributed by atoms with van der Waals surface area (Å²) in [6.07, 6.45) is 11.1. The molecule has 5 aromatic rings. The lowest BCUT2D eigenvalue weighted by Crippen LogP contribution is -2.50. The summed E-state index contributed by atoms with van der Waals surface area (Å²) in [5.41, 5.74) is 4.46. The van der Waals surface area contributed by atoms with E-state index in [1.54, 1.807) is 45.2 Å². The molecule has 9 rings (SSSR count). The molecule has 2 bridgehead atoms. The van der Waals surface area contributed by atoms with E-state index in [1.807, 2.05) is 0 Å². The molecule has 392 valence electrons. The van der Waals surface area contributed by atoms with Crippen LogP contribution in [0.15, 0.2) is 110 Å². The fourth-order valence-electron chi connectivity index (χ4n) is 9.74. The van der Waals surface area contributed by atoms with Crippen LogP contribution < -0.4 is 21.3 Å². The number of hydrogen-bond donors (Lipinski definition) is 6. The van der Waals surface area contributed by atoms with E-state index in [4.69, 9.17) is 11.6 Å². The summed E-state index contributed by atoms with van der Waals surface area (Å²) in [5.74, 6) is -6.28. The van der Waals surface area contributed by atoms with Gasteiger partial charge in [-0.25, -0.2) is 27.3 Å². The summed E-state index contributed by atoms with van der Waals surface area (Å²) < 4.78 is 42.8. The quantitative estimate of drug-likeness (QED) is 0.0386. The van der Waals surface area contributed by atoms with Gasteiger partial charge < -0.3 is 31.5 Å². The number of aryl methyl sites for hydroxylation is 2. The van der Waals surface area contributed by atoms with E-state index >= 15 is 0 Å². The lowest BCUT2D eigenvalue weighted by molar-refractivity contribution is -0.159. The molecule has 4 aliphatic carbocycles. The molecule has 0 saturated heterocycles. The first-order chi connectivity index (χ1) is 35.6. The van der Waals surface area contributed by atoms with Crippen LogP contribution in [0.4, 0.5) is 13.2 Å². The molecule has 0 aliphatic heterocycles. The number of halogens is 4. The Balaban J connectivity index is 0.000000219. The Hall–Kier alpha value is -8.06. The zero-order chi connectivity index (χ0) is 54.4. The van der Waals surface area contributed by atoms with Crippen molar-refractivity contribution in [3.05, 3.63) is 177 Å². The number of aromatic nitrogens is 4. The number of amides is 4. The maximum absolute atomic E-state index is 13.5. The van der Waals surface area contributed by atoms with Crippen LogP contribution in [0.2, 0.25) is 5.02 Å². The number of aliphatic carboxylic acids is 1. The summed E-state index contributed by atoms with van der Waals surface area (Å²) in [6, 6.07) is 13.8. The average molecular weight is 1050 g/mol. The van der Waals surface area contributed by atoms with E-state index in [0.717, 1.165) is 42.5 Å². The Bertz CT molecular complexity index is 3170. The van der Waals surface area contributed by atoms with Crippen molar-refractivity contribution in [3.8, 4) is 0 Å². The highest BCUT2D eigenvalue weighted by molar-refractivity contribution is 6.30. The number of benzene rings is 3. The van der Waals surface area contributed by atoms with E-state index in [9.17, 15) is 52.2 Å². The van der Waals surface area contributed by atoms with Crippen LogP contribution in [0.25, 0.3) is 11.4 Å². The highest BCUT2D eigenvalue weighted by Crippen LogP contribution is 2.56. The number of nitrogens with one attached hydrogen (secondary N) is 4. The molecule has 20 heteroatoms. The van der Waals surface area contributed by atoms with Crippen molar-refractivity contribution in [1.82, 2.24) is 40.8 Å². The largest absolute Gasteiger partial charge is 0.481 e. The zero-order valence-electron chi connectivity index (χ0n) is 41.5. The van der Waals surface area contributed by atoms with Gasteiger partial charge in [0.15, 0.2) is 11.6 Å². The van der Waals surface area contributed by atoms with Gasteiger partial charge in [-0.15, -0.1) is 0 Å². The molecule has 2 aromatic heterocycles. The van der Waals surface area contributed by atoms with E-state index in [1.165, 1.54) is 58.0 Å². The van der Waals surface area contributed by atoms with Gasteiger partial charge in [0, 0.05) is 54.6 Å². The summed E-state index contributed by atoms with van der Waals surface area (Å²) in [4.78, 5) is 75.4. The molecule has 0 radical (unpaired) electrons. The number of carboxylic acids is 2. The fraction of sp³-hybridized carbons (Fsp3) is 0.309. The van der Waals surface area contributed by atoms with Gasteiger partial charge in [0.05, 0.1) is 22.0 Å². The fourth-order valence-corrected chi connectivity index (χ4v) is 9.95. The molecule has 3 aromatic carbocycles. The van der Waals surface area contributed by atoms with Crippen molar-refractivity contribution in [2.24, 2.45) is 10.8 Å². The van der Waals surface area contributed by atoms with E-state index < -0.39 is 58.4 Å². The van der Waals surface area contributed by atoms with Crippen LogP contribution >= 0.6 is 11.6 Å². The topological polar surface area (TPSA) is 227 Å². The zero-order valence-corrected chi connectivity index (χ0v) is 42.3. The van der Waals surface area contributed by atoms with Crippen molar-refractivity contribution in [2.75, 3.05) is 6.54 Å². The normalized spacial score (nSPS) is 18.7. The number of fused-ring (bicyclic) bond motifs is 4. The molecular formula is C55H56ClF3N8O8. The van der Waals surface area contributed by atoms with Crippen molar-refractivity contribution >= 4 is 58.6 Å². The summed E-state index contributed by atoms with van der Waals surface area (Å²) in [5, 5.41) is 38.7. The van der Waals surface area contributed by atoms with Gasteiger partial charge in [-0.3, -0.25) is 24.0 Å². The van der Waals surface area contributed by atoms with Gasteiger partial charge in [0.1, 0.15) is 17.2 Å². The molecule has 75 heavy (non-hydrogen) atoms. The molecule has 3 saturated carbocycles. The number of carbonyl (C=O) groups excluding carboxylic acids is 4. The lowest BCUT2D eigenvalue weighted by atomic mass is 9.53. The molecule has 1 atom stereocenters. The maximum atomic E-state index is 13.5. The first-order valence-corrected chi connectivity index (χ1v) is 24.4. The maximum Gasteiger partial charge on any atom is 0.335 e. The SMILES string of the molecule is C=C(/C=C(/C(=O)NC1CCc2c1ccc(C(=O)O)c2C)n1nccc1C)C(=O)NCc1ccc(F)c(F)c1.C=C(/C=C(/C(=O)NCC12CCC(C(=O)O)(CC1)CC2)n1nccc1C)C(=O)NCc1ccc(F)c(Cl)c1. The van der Waals surface area contributed by atoms with Gasteiger partial charge in [-0.2, -0.15) is 10.2 Å². The third-order valence-electron chi connectivity index (χ3n) is 14.4. The Morgan fingerprint density at radius 3 is 1.72 bits per heavy atom. The van der Waals surface area contributed by atoms with Crippen molar-refractivity contribution in [2.45, 2.75) is 91.3 Å². The number of aromatic carboxylic acids is 1. The van der Waals surface area contributed by atoms with Gasteiger partial charge in [0.2, 0.25) is 0 Å². The second-order valence-corrected chi connectivity index (χ2v) is 19.6. The van der Waals surface area contributed by atoms with Crippen LogP contribution in [0.3, 0.4) is 0 Å². The Morgan fingerprint density at radius 2 is 1.23 bits per heavy atom. The molecule has 0 spiro atoms. The molecule has 4 aliphatic rings. The highest BCUT2D eigenvalue weighted by Gasteiger charge is 2.52. The van der Waals surface area contributed by atoms with Crippen LogP contribution in [0, 0.1) is 49.1 Å². The molecule has 16 nitrogen and oxygen atoms in total. The minimum Gasteiger partial charge on any atom is -0.481 e. The molecule has 6 N–H and O–H groups in total. The molecule has 4 amide bonds. The third-order valence-corrected chi connectivity index (χ3v) is 14.7. The molecule has 3 fully saturated rings. The van der Waals surface area contributed by atoms with Gasteiger partial charge in [0.25, 0.3) is 23.6 Å². The Kier molecular flexibility index (Phi) is 16.8. The summed E-state index contributed by atoms with van der Waals surface area (Å²) >= 11 is 5.80. The van der Waals surface area contributed by atoms with Crippen molar-refractivity contribution in [1.29, 1.82) is 0 Å². The molecular weight excluding hydrogens is 993 g/mol. The second-order valence-electron chi connectivity index (χ2n) is 19.2. The summed E-state index contributed by atoms with van der Waals surface area (Å²) in [6.45, 7) is 13.3. The second kappa shape index (κ2) is 23.0. The number of rotatable bonds is 17. The van der Waals surface area contributed by atoms with E-state index in [0.29, 0.717) is 66.7 Å². The molecule has 2 heterocycles. The Morgan fingerprint density at radius 1 is 0.693 bits per heavy atom. The third kappa shape index (κ3) is 12.5. The first kappa shape index (κ1) is 54.7. The van der Waals surface area contributed by atoms with Crippen LogP contribution in [-0.2, 0) is 43.5 Å². The first-order valence-electron chi connectivity index (χ1n) is 24.1.